The predicted octanol–water partition coefficient (Wildman–Crippen LogP) is 2.00. The molecule has 1 aromatic rings. The first kappa shape index (κ1) is 13.0. The quantitative estimate of drug-likeness (QED) is 0.891. The van der Waals surface area contributed by atoms with Crippen LogP contribution in [-0.2, 0) is 15.9 Å². The summed E-state index contributed by atoms with van der Waals surface area (Å²) < 4.78 is 37.9. The van der Waals surface area contributed by atoms with Crippen LogP contribution in [0.1, 0.15) is 18.4 Å². The Kier molecular flexibility index (Phi) is 3.52. The smallest absolute Gasteiger partial charge is 0.171 e. The van der Waals surface area contributed by atoms with E-state index in [9.17, 15) is 8.78 Å². The summed E-state index contributed by atoms with van der Waals surface area (Å²) in [6, 6.07) is 3.81. The predicted molar refractivity (Wildman–Crippen MR) is 65.7 cm³/mol. The van der Waals surface area contributed by atoms with Crippen LogP contribution >= 0.6 is 0 Å². The first-order valence-electron chi connectivity index (χ1n) is 6.62. The lowest BCUT2D eigenvalue weighted by Crippen LogP contribution is -2.49. The van der Waals surface area contributed by atoms with Gasteiger partial charge in [0.25, 0.3) is 0 Å². The second-order valence-corrected chi connectivity index (χ2v) is 5.15. The lowest BCUT2D eigenvalue weighted by atomic mass is 9.93. The van der Waals surface area contributed by atoms with Crippen LogP contribution in [-0.4, -0.2) is 31.6 Å². The molecule has 0 aromatic heterocycles. The molecule has 2 aliphatic heterocycles. The Hall–Kier alpha value is -1.04. The molecule has 1 atom stereocenters. The van der Waals surface area contributed by atoms with E-state index in [1.54, 1.807) is 0 Å². The SMILES string of the molecule is Fc1ccc(CC2CC3(CCN2)OCCO3)c(F)c1. The molecule has 2 aliphatic rings. The molecular weight excluding hydrogens is 252 g/mol. The number of hydrogen-bond acceptors (Lipinski definition) is 3. The summed E-state index contributed by atoms with van der Waals surface area (Å²) in [5.41, 5.74) is 0.522. The minimum atomic E-state index is -0.545. The van der Waals surface area contributed by atoms with Crippen LogP contribution < -0.4 is 5.32 Å². The molecule has 0 amide bonds. The highest BCUT2D eigenvalue weighted by atomic mass is 19.1. The third-order valence-electron chi connectivity index (χ3n) is 3.79. The number of nitrogens with one attached hydrogen (secondary N) is 1. The Morgan fingerprint density at radius 1 is 1.26 bits per heavy atom. The second kappa shape index (κ2) is 5.15. The van der Waals surface area contributed by atoms with Crippen molar-refractivity contribution in [3.8, 4) is 0 Å². The van der Waals surface area contributed by atoms with Gasteiger partial charge in [0.2, 0.25) is 0 Å². The molecule has 0 bridgehead atoms. The fraction of sp³-hybridized carbons (Fsp3) is 0.571. The highest BCUT2D eigenvalue weighted by Gasteiger charge is 2.41. The van der Waals surface area contributed by atoms with Crippen LogP contribution in [0.5, 0.6) is 0 Å². The van der Waals surface area contributed by atoms with Crippen molar-refractivity contribution in [2.75, 3.05) is 19.8 Å². The van der Waals surface area contributed by atoms with E-state index in [0.717, 1.165) is 19.0 Å². The van der Waals surface area contributed by atoms with Crippen molar-refractivity contribution in [1.29, 1.82) is 0 Å². The summed E-state index contributed by atoms with van der Waals surface area (Å²) in [4.78, 5) is 0. The van der Waals surface area contributed by atoms with Crippen molar-refractivity contribution in [2.24, 2.45) is 0 Å². The van der Waals surface area contributed by atoms with Crippen molar-refractivity contribution in [3.05, 3.63) is 35.4 Å². The van der Waals surface area contributed by atoms with Crippen molar-refractivity contribution < 1.29 is 18.3 Å². The summed E-state index contributed by atoms with van der Waals surface area (Å²) in [5.74, 6) is -1.53. The Labute approximate surface area is 110 Å². The maximum atomic E-state index is 13.6. The maximum absolute atomic E-state index is 13.6. The van der Waals surface area contributed by atoms with Crippen LogP contribution in [0.2, 0.25) is 0 Å². The van der Waals surface area contributed by atoms with Crippen LogP contribution in [0.25, 0.3) is 0 Å². The van der Waals surface area contributed by atoms with E-state index in [4.69, 9.17) is 9.47 Å². The molecule has 19 heavy (non-hydrogen) atoms. The normalized spacial score (nSPS) is 25.9. The number of hydrogen-bond donors (Lipinski definition) is 1. The van der Waals surface area contributed by atoms with Gasteiger partial charge in [-0.15, -0.1) is 0 Å². The summed E-state index contributed by atoms with van der Waals surface area (Å²) in [5, 5.41) is 3.34. The molecule has 2 fully saturated rings. The van der Waals surface area contributed by atoms with Gasteiger partial charge in [-0.2, -0.15) is 0 Å². The van der Waals surface area contributed by atoms with E-state index in [-0.39, 0.29) is 6.04 Å². The van der Waals surface area contributed by atoms with E-state index in [0.29, 0.717) is 31.6 Å². The number of halogens is 2. The second-order valence-electron chi connectivity index (χ2n) is 5.15. The van der Waals surface area contributed by atoms with Gasteiger partial charge in [0.1, 0.15) is 11.6 Å². The van der Waals surface area contributed by atoms with Crippen molar-refractivity contribution >= 4 is 0 Å². The zero-order valence-electron chi connectivity index (χ0n) is 10.6. The third-order valence-corrected chi connectivity index (χ3v) is 3.79. The first-order chi connectivity index (χ1) is 9.17. The van der Waals surface area contributed by atoms with Gasteiger partial charge in [-0.05, 0) is 18.1 Å². The number of ether oxygens (including phenoxy) is 2. The van der Waals surface area contributed by atoms with Gasteiger partial charge in [-0.25, -0.2) is 8.78 Å². The Morgan fingerprint density at radius 3 is 2.79 bits per heavy atom. The summed E-state index contributed by atoms with van der Waals surface area (Å²) in [6.07, 6.45) is 2.03. The summed E-state index contributed by atoms with van der Waals surface area (Å²) in [7, 11) is 0. The topological polar surface area (TPSA) is 30.5 Å². The lowest BCUT2D eigenvalue weighted by Gasteiger charge is -2.37. The van der Waals surface area contributed by atoms with Gasteiger partial charge in [-0.1, -0.05) is 6.07 Å². The van der Waals surface area contributed by atoms with Gasteiger partial charge < -0.3 is 14.8 Å². The van der Waals surface area contributed by atoms with Crippen LogP contribution in [0.15, 0.2) is 18.2 Å². The number of piperidine rings is 1. The molecule has 0 radical (unpaired) electrons. The molecule has 0 aliphatic carbocycles. The molecule has 1 aromatic carbocycles. The molecular formula is C14H17F2NO2. The minimum Gasteiger partial charge on any atom is -0.347 e. The highest BCUT2D eigenvalue weighted by Crippen LogP contribution is 2.32. The standard InChI is InChI=1S/C14H17F2NO2/c15-11-2-1-10(13(16)8-11)7-12-9-14(3-4-17-12)18-5-6-19-14/h1-2,8,12,17H,3-7,9H2. The highest BCUT2D eigenvalue weighted by molar-refractivity contribution is 5.20. The molecule has 1 unspecified atom stereocenters. The van der Waals surface area contributed by atoms with Crippen molar-refractivity contribution in [2.45, 2.75) is 31.1 Å². The van der Waals surface area contributed by atoms with Crippen LogP contribution in [0.4, 0.5) is 8.78 Å². The van der Waals surface area contributed by atoms with E-state index in [1.165, 1.54) is 12.1 Å². The largest absolute Gasteiger partial charge is 0.347 e. The Morgan fingerprint density at radius 2 is 2.05 bits per heavy atom. The third kappa shape index (κ3) is 2.78. The van der Waals surface area contributed by atoms with E-state index in [2.05, 4.69) is 5.32 Å². The maximum Gasteiger partial charge on any atom is 0.171 e. The molecule has 5 heteroatoms. The molecule has 104 valence electrons. The Bertz CT molecular complexity index is 461. The fourth-order valence-electron chi connectivity index (χ4n) is 2.87. The zero-order chi connectivity index (χ0) is 13.3. The van der Waals surface area contributed by atoms with Crippen molar-refractivity contribution in [1.82, 2.24) is 5.32 Å². The zero-order valence-corrected chi connectivity index (χ0v) is 10.6. The lowest BCUT2D eigenvalue weighted by molar-refractivity contribution is -0.179. The van der Waals surface area contributed by atoms with Crippen molar-refractivity contribution in [3.63, 3.8) is 0 Å². The summed E-state index contributed by atoms with van der Waals surface area (Å²) in [6.45, 7) is 2.03. The van der Waals surface area contributed by atoms with Gasteiger partial charge in [-0.3, -0.25) is 0 Å². The van der Waals surface area contributed by atoms with Crippen LogP contribution in [0.3, 0.4) is 0 Å². The molecule has 1 N–H and O–H groups in total. The van der Waals surface area contributed by atoms with Gasteiger partial charge >= 0.3 is 0 Å². The molecule has 0 saturated carbocycles. The van der Waals surface area contributed by atoms with E-state index >= 15 is 0 Å². The molecule has 1 spiro atoms. The Balaban J connectivity index is 1.69. The minimum absolute atomic E-state index is 0.0896. The first-order valence-corrected chi connectivity index (χ1v) is 6.62. The molecule has 2 heterocycles. The molecule has 3 nitrogen and oxygen atoms in total. The summed E-state index contributed by atoms with van der Waals surface area (Å²) >= 11 is 0. The van der Waals surface area contributed by atoms with E-state index < -0.39 is 17.4 Å². The van der Waals surface area contributed by atoms with Crippen LogP contribution in [0, 0.1) is 11.6 Å². The number of rotatable bonds is 2. The van der Waals surface area contributed by atoms with Gasteiger partial charge in [0.05, 0.1) is 13.2 Å². The van der Waals surface area contributed by atoms with Gasteiger partial charge in [0.15, 0.2) is 5.79 Å². The van der Waals surface area contributed by atoms with E-state index in [1.807, 2.05) is 0 Å². The fourth-order valence-corrected chi connectivity index (χ4v) is 2.87. The monoisotopic (exact) mass is 269 g/mol. The average molecular weight is 269 g/mol. The molecule has 2 saturated heterocycles. The van der Waals surface area contributed by atoms with Gasteiger partial charge in [0, 0.05) is 31.5 Å². The molecule has 3 rings (SSSR count). The average Bonchev–Trinajstić information content (AvgIpc) is 2.81. The number of benzene rings is 1.